The summed E-state index contributed by atoms with van der Waals surface area (Å²) >= 11 is 17.3. The number of halogens is 13. The lowest BCUT2D eigenvalue weighted by Gasteiger charge is -2.29. The number of hydrogen-bond donors (Lipinski definition) is 1. The normalized spacial score (nSPS) is 14.3. The summed E-state index contributed by atoms with van der Waals surface area (Å²) in [5, 5.41) is 1.25. The summed E-state index contributed by atoms with van der Waals surface area (Å²) in [7, 11) is 2.17. The van der Waals surface area contributed by atoms with Crippen molar-refractivity contribution in [2.45, 2.75) is 31.0 Å². The molecule has 0 heterocycles. The predicted molar refractivity (Wildman–Crippen MR) is 135 cm³/mol. The molecule has 0 spiro atoms. The molecular weight excluding hydrogens is 659 g/mol. The van der Waals surface area contributed by atoms with Crippen molar-refractivity contribution in [3.63, 3.8) is 0 Å². The summed E-state index contributed by atoms with van der Waals surface area (Å²) in [6, 6.07) is 2.58. The lowest BCUT2D eigenvalue weighted by molar-refractivity contribution is -0.140. The van der Waals surface area contributed by atoms with Crippen LogP contribution in [0, 0.1) is 0 Å². The molecule has 0 radical (unpaired) electrons. The van der Waals surface area contributed by atoms with Crippen LogP contribution >= 0.6 is 34.8 Å². The van der Waals surface area contributed by atoms with Crippen LogP contribution in [0.4, 0.5) is 43.9 Å². The van der Waals surface area contributed by atoms with Gasteiger partial charge in [-0.2, -0.15) is 26.3 Å². The van der Waals surface area contributed by atoms with Gasteiger partial charge in [0.2, 0.25) is 12.2 Å². The van der Waals surface area contributed by atoms with Crippen molar-refractivity contribution >= 4 is 52.4 Å². The fourth-order valence-corrected chi connectivity index (χ4v) is 4.04. The van der Waals surface area contributed by atoms with E-state index in [-0.39, 0.29) is 17.2 Å². The van der Waals surface area contributed by atoms with Crippen molar-refractivity contribution in [3.05, 3.63) is 73.7 Å². The molecule has 0 aromatic heterocycles. The molecule has 1 N–H and O–H groups in total. The number of hydrogen-bond acceptors (Lipinski definition) is 3. The maximum absolute atomic E-state index is 15.1. The fourth-order valence-electron chi connectivity index (χ4n) is 3.42. The topological polar surface area (TPSA) is 52.6 Å². The molecule has 42 heavy (non-hydrogen) atoms. The molecule has 2 aromatic rings. The second-order valence-electron chi connectivity index (χ2n) is 8.60. The number of amides is 2. The van der Waals surface area contributed by atoms with Crippen molar-refractivity contribution in [2.24, 2.45) is 0 Å². The minimum absolute atomic E-state index is 0.0280. The van der Waals surface area contributed by atoms with Crippen LogP contribution in [0.3, 0.4) is 0 Å². The van der Waals surface area contributed by atoms with Gasteiger partial charge in [0, 0.05) is 19.7 Å². The third kappa shape index (κ3) is 8.88. The van der Waals surface area contributed by atoms with Gasteiger partial charge in [-0.1, -0.05) is 40.9 Å². The summed E-state index contributed by atoms with van der Waals surface area (Å²) in [6.07, 6.45) is -17.3. The Bertz CT molecular complexity index is 1330. The van der Waals surface area contributed by atoms with E-state index in [0.29, 0.717) is 17.1 Å². The van der Waals surface area contributed by atoms with Crippen molar-refractivity contribution in [2.75, 3.05) is 20.6 Å². The fraction of sp³-hybridized carbons (Fsp3) is 0.333. The van der Waals surface area contributed by atoms with E-state index in [2.05, 4.69) is 0 Å². The molecule has 0 aliphatic heterocycles. The number of carbonyl (C=O) groups excluding carboxylic acids is 2. The molecule has 0 saturated carbocycles. The summed E-state index contributed by atoms with van der Waals surface area (Å²) < 4.78 is 136. The number of nitrogens with zero attached hydrogens (tertiary/aromatic N) is 2. The summed E-state index contributed by atoms with van der Waals surface area (Å²) in [6.45, 7) is -1.20. The number of rotatable bonds is 9. The predicted octanol–water partition coefficient (Wildman–Crippen LogP) is 7.92. The Labute approximate surface area is 246 Å². The van der Waals surface area contributed by atoms with Crippen LogP contribution < -0.4 is 5.32 Å². The zero-order chi connectivity index (χ0) is 32.3. The molecule has 18 heteroatoms. The van der Waals surface area contributed by atoms with Crippen molar-refractivity contribution in [1.82, 2.24) is 15.3 Å². The van der Waals surface area contributed by atoms with Crippen LogP contribution in [-0.4, -0.2) is 61.4 Å². The van der Waals surface area contributed by atoms with Gasteiger partial charge in [-0.15, -0.1) is 0 Å². The first-order valence-corrected chi connectivity index (χ1v) is 12.3. The molecule has 0 bridgehead atoms. The Kier molecular flexibility index (Phi) is 11.6. The van der Waals surface area contributed by atoms with E-state index in [1.54, 1.807) is 0 Å². The highest BCUT2D eigenvalue weighted by Crippen LogP contribution is 2.43. The summed E-state index contributed by atoms with van der Waals surface area (Å²) in [5.41, 5.74) is -4.68. The van der Waals surface area contributed by atoms with Gasteiger partial charge in [0.25, 0.3) is 12.3 Å². The quantitative estimate of drug-likeness (QED) is 0.127. The number of alkyl halides is 9. The van der Waals surface area contributed by atoms with Gasteiger partial charge in [0.15, 0.2) is 0 Å². The zero-order valence-electron chi connectivity index (χ0n) is 21.0. The molecular formula is C24H18Cl3F10N3O2. The SMILES string of the molecule is CN(C)N(CC(=O)NC(F)C(F)F)C(=O)c1ccc(C(F)=CC(c2cc(Cl)c(Cl)c(Cl)c2)C(F)(F)F)cc1C(F)(F)F. The van der Waals surface area contributed by atoms with Gasteiger partial charge in [-0.05, 0) is 35.9 Å². The molecule has 0 fully saturated rings. The molecule has 2 aromatic carbocycles. The van der Waals surface area contributed by atoms with Gasteiger partial charge in [0.05, 0.1) is 26.2 Å². The second kappa shape index (κ2) is 13.7. The van der Waals surface area contributed by atoms with Crippen molar-refractivity contribution in [1.29, 1.82) is 0 Å². The lowest BCUT2D eigenvalue weighted by Crippen LogP contribution is -2.50. The highest BCUT2D eigenvalue weighted by atomic mass is 35.5. The average molecular weight is 677 g/mol. The van der Waals surface area contributed by atoms with E-state index in [9.17, 15) is 49.1 Å². The molecule has 0 aliphatic rings. The molecule has 0 aliphatic carbocycles. The summed E-state index contributed by atoms with van der Waals surface area (Å²) in [5.74, 6) is -7.56. The molecule has 2 unspecified atom stereocenters. The van der Waals surface area contributed by atoms with E-state index in [1.807, 2.05) is 0 Å². The molecule has 2 atom stereocenters. The second-order valence-corrected chi connectivity index (χ2v) is 9.80. The minimum atomic E-state index is -5.37. The summed E-state index contributed by atoms with van der Waals surface area (Å²) in [4.78, 5) is 24.8. The van der Waals surface area contributed by atoms with E-state index in [0.717, 1.165) is 31.2 Å². The maximum Gasteiger partial charge on any atom is 0.417 e. The maximum atomic E-state index is 15.1. The van der Waals surface area contributed by atoms with Crippen molar-refractivity contribution < 1.29 is 53.5 Å². The van der Waals surface area contributed by atoms with Gasteiger partial charge in [-0.3, -0.25) is 14.6 Å². The van der Waals surface area contributed by atoms with Gasteiger partial charge in [0.1, 0.15) is 18.3 Å². The monoisotopic (exact) mass is 675 g/mol. The molecule has 0 saturated heterocycles. The molecule has 232 valence electrons. The zero-order valence-corrected chi connectivity index (χ0v) is 23.3. The number of nitrogens with one attached hydrogen (secondary N) is 1. The highest BCUT2D eigenvalue weighted by molar-refractivity contribution is 6.48. The smallest absolute Gasteiger partial charge is 0.320 e. The van der Waals surface area contributed by atoms with Crippen LogP contribution in [0.2, 0.25) is 15.1 Å². The first-order valence-electron chi connectivity index (χ1n) is 11.2. The van der Waals surface area contributed by atoms with E-state index < -0.39 is 87.5 Å². The molecule has 2 amide bonds. The largest absolute Gasteiger partial charge is 0.417 e. The van der Waals surface area contributed by atoms with Crippen LogP contribution in [0.25, 0.3) is 5.83 Å². The highest BCUT2D eigenvalue weighted by Gasteiger charge is 2.41. The average Bonchev–Trinajstić information content (AvgIpc) is 2.86. The van der Waals surface area contributed by atoms with Crippen LogP contribution in [0.15, 0.2) is 36.4 Å². The van der Waals surface area contributed by atoms with E-state index in [1.165, 1.54) is 5.32 Å². The number of carbonyl (C=O) groups is 2. The lowest BCUT2D eigenvalue weighted by atomic mass is 9.95. The first-order chi connectivity index (χ1) is 19.1. The van der Waals surface area contributed by atoms with Gasteiger partial charge >= 0.3 is 12.4 Å². The van der Waals surface area contributed by atoms with Gasteiger partial charge in [-0.25, -0.2) is 22.6 Å². The third-order valence-electron chi connectivity index (χ3n) is 5.39. The Balaban J connectivity index is 2.56. The number of benzene rings is 2. The molecule has 5 nitrogen and oxygen atoms in total. The Morgan fingerprint density at radius 3 is 1.95 bits per heavy atom. The van der Waals surface area contributed by atoms with Crippen LogP contribution in [0.1, 0.15) is 33.0 Å². The van der Waals surface area contributed by atoms with Crippen LogP contribution in [0.5, 0.6) is 0 Å². The first kappa shape index (κ1) is 35.4. The Morgan fingerprint density at radius 1 is 0.952 bits per heavy atom. The van der Waals surface area contributed by atoms with E-state index >= 15 is 4.39 Å². The standard InChI is InChI=1S/C24H18Cl3F10N3O2/c1-39(2)40(9-18(41)38-21(31)20(29)30)22(42)12-4-3-10(5-14(12)24(35,36)37)17(28)8-13(23(32,33)34)11-6-15(25)19(27)16(26)7-11/h3-8,13,20-21H,9H2,1-2H3,(H,38,41). The van der Waals surface area contributed by atoms with E-state index in [4.69, 9.17) is 34.8 Å². The van der Waals surface area contributed by atoms with Gasteiger partial charge < -0.3 is 5.32 Å². The molecule has 2 rings (SSSR count). The van der Waals surface area contributed by atoms with Crippen molar-refractivity contribution in [3.8, 4) is 0 Å². The Morgan fingerprint density at radius 2 is 1.50 bits per heavy atom. The Hall–Kier alpha value is -2.75. The third-order valence-corrected chi connectivity index (χ3v) is 6.59. The number of allylic oxidation sites excluding steroid dienone is 1. The number of hydrazine groups is 1. The van der Waals surface area contributed by atoms with Crippen LogP contribution in [-0.2, 0) is 11.0 Å². The minimum Gasteiger partial charge on any atom is -0.320 e.